The average Bonchev–Trinajstić information content (AvgIpc) is 3.31. The number of hydrogen-bond donors (Lipinski definition) is 2. The molecule has 0 aliphatic carbocycles. The number of methoxy groups -OCH3 is 1. The van der Waals surface area contributed by atoms with Gasteiger partial charge in [-0.25, -0.2) is 4.79 Å². The number of anilines is 2. The first kappa shape index (κ1) is 24.3. The predicted octanol–water partition coefficient (Wildman–Crippen LogP) is 2.53. The molecule has 0 aliphatic rings. The molecule has 0 saturated carbocycles. The standard InChI is InChI=1S/C21H24N6O4S2/c1-11-15(20(30)31-5)19(33-16(11)17(22)29)23-14(28)10-32-21-25-24-18(27(21)4)12-6-8-13(9-7-12)26(2)3/h6-9H,10H2,1-5H3,(H2,22,29)(H,23,28). The molecular weight excluding hydrogens is 464 g/mol. The number of rotatable bonds is 8. The Morgan fingerprint density at radius 3 is 2.45 bits per heavy atom. The van der Waals surface area contributed by atoms with Crippen molar-refractivity contribution in [2.45, 2.75) is 12.1 Å². The number of benzene rings is 1. The van der Waals surface area contributed by atoms with Gasteiger partial charge in [0.05, 0.1) is 23.3 Å². The molecule has 0 atom stereocenters. The molecule has 0 unspecified atom stereocenters. The molecule has 2 amide bonds. The minimum absolute atomic E-state index is 0.0228. The zero-order valence-corrected chi connectivity index (χ0v) is 20.5. The fourth-order valence-corrected chi connectivity index (χ4v) is 4.85. The van der Waals surface area contributed by atoms with Crippen LogP contribution in [0, 0.1) is 6.92 Å². The molecule has 2 heterocycles. The number of thiophene rings is 1. The Balaban J connectivity index is 1.72. The van der Waals surface area contributed by atoms with Gasteiger partial charge in [-0.1, -0.05) is 11.8 Å². The summed E-state index contributed by atoms with van der Waals surface area (Å²) in [5.41, 5.74) is 7.85. The maximum atomic E-state index is 12.6. The topological polar surface area (TPSA) is 132 Å². The zero-order chi connectivity index (χ0) is 24.3. The van der Waals surface area contributed by atoms with Crippen LogP contribution < -0.4 is 16.0 Å². The van der Waals surface area contributed by atoms with Crippen LogP contribution in [0.2, 0.25) is 0 Å². The quantitative estimate of drug-likeness (QED) is 0.365. The summed E-state index contributed by atoms with van der Waals surface area (Å²) in [4.78, 5) is 38.6. The number of nitrogens with zero attached hydrogens (tertiary/aromatic N) is 4. The predicted molar refractivity (Wildman–Crippen MR) is 129 cm³/mol. The molecule has 3 N–H and O–H groups in total. The Kier molecular flexibility index (Phi) is 7.39. The van der Waals surface area contributed by atoms with E-state index in [-0.39, 0.29) is 27.1 Å². The van der Waals surface area contributed by atoms with Gasteiger partial charge in [0.2, 0.25) is 5.91 Å². The molecule has 3 aromatic rings. The Hall–Kier alpha value is -3.38. The number of thioether (sulfide) groups is 1. The number of primary amides is 1. The summed E-state index contributed by atoms with van der Waals surface area (Å²) in [6.07, 6.45) is 0. The first-order chi connectivity index (χ1) is 15.6. The van der Waals surface area contributed by atoms with E-state index in [0.29, 0.717) is 16.5 Å². The van der Waals surface area contributed by atoms with Crippen molar-refractivity contribution in [1.29, 1.82) is 0 Å². The molecular formula is C21H24N6O4S2. The molecule has 0 radical (unpaired) electrons. The molecule has 174 valence electrons. The maximum Gasteiger partial charge on any atom is 0.341 e. The molecule has 12 heteroatoms. The van der Waals surface area contributed by atoms with Crippen molar-refractivity contribution in [3.63, 3.8) is 0 Å². The molecule has 3 rings (SSSR count). The average molecular weight is 489 g/mol. The van der Waals surface area contributed by atoms with Crippen LogP contribution in [0.15, 0.2) is 29.4 Å². The summed E-state index contributed by atoms with van der Waals surface area (Å²) < 4.78 is 6.59. The van der Waals surface area contributed by atoms with E-state index >= 15 is 0 Å². The van der Waals surface area contributed by atoms with Crippen LogP contribution in [0.25, 0.3) is 11.4 Å². The fraction of sp³-hybridized carbons (Fsp3) is 0.286. The Morgan fingerprint density at radius 1 is 1.21 bits per heavy atom. The highest BCUT2D eigenvalue weighted by Gasteiger charge is 2.25. The van der Waals surface area contributed by atoms with Crippen molar-refractivity contribution in [2.75, 3.05) is 37.2 Å². The molecule has 1 aromatic carbocycles. The first-order valence-electron chi connectivity index (χ1n) is 9.75. The van der Waals surface area contributed by atoms with E-state index in [1.165, 1.54) is 18.9 Å². The van der Waals surface area contributed by atoms with Crippen LogP contribution in [0.5, 0.6) is 0 Å². The minimum atomic E-state index is -0.678. The zero-order valence-electron chi connectivity index (χ0n) is 18.8. The fourth-order valence-electron chi connectivity index (χ4n) is 3.08. The molecule has 0 saturated heterocycles. The number of amides is 2. The Labute approximate surface area is 199 Å². The van der Waals surface area contributed by atoms with Gasteiger partial charge in [-0.3, -0.25) is 9.59 Å². The van der Waals surface area contributed by atoms with Crippen molar-refractivity contribution >= 4 is 51.6 Å². The van der Waals surface area contributed by atoms with Crippen LogP contribution in [-0.2, 0) is 16.6 Å². The van der Waals surface area contributed by atoms with E-state index in [1.54, 1.807) is 6.92 Å². The van der Waals surface area contributed by atoms with E-state index in [2.05, 4.69) is 15.5 Å². The van der Waals surface area contributed by atoms with Crippen LogP contribution in [-0.4, -0.2) is 59.5 Å². The maximum absolute atomic E-state index is 12.6. The van der Waals surface area contributed by atoms with E-state index in [4.69, 9.17) is 10.5 Å². The lowest BCUT2D eigenvalue weighted by atomic mass is 10.1. The monoisotopic (exact) mass is 488 g/mol. The molecule has 10 nitrogen and oxygen atoms in total. The summed E-state index contributed by atoms with van der Waals surface area (Å²) in [5.74, 6) is -1.01. The molecule has 0 aliphatic heterocycles. The second-order valence-corrected chi connectivity index (χ2v) is 9.22. The normalized spacial score (nSPS) is 10.7. The molecule has 2 aromatic heterocycles. The Bertz CT molecular complexity index is 1200. The number of aromatic nitrogens is 3. The first-order valence-corrected chi connectivity index (χ1v) is 11.6. The number of hydrogen-bond acceptors (Lipinski definition) is 9. The van der Waals surface area contributed by atoms with Gasteiger partial charge in [0, 0.05) is 32.4 Å². The van der Waals surface area contributed by atoms with Crippen molar-refractivity contribution in [1.82, 2.24) is 14.8 Å². The third-order valence-electron chi connectivity index (χ3n) is 4.82. The van der Waals surface area contributed by atoms with Crippen molar-refractivity contribution < 1.29 is 19.1 Å². The highest BCUT2D eigenvalue weighted by molar-refractivity contribution is 7.99. The molecule has 0 bridgehead atoms. The number of esters is 1. The Morgan fingerprint density at radius 2 is 1.88 bits per heavy atom. The summed E-state index contributed by atoms with van der Waals surface area (Å²) in [6, 6.07) is 7.91. The highest BCUT2D eigenvalue weighted by Crippen LogP contribution is 2.33. The summed E-state index contributed by atoms with van der Waals surface area (Å²) in [6.45, 7) is 1.58. The van der Waals surface area contributed by atoms with Gasteiger partial charge in [0.1, 0.15) is 5.00 Å². The van der Waals surface area contributed by atoms with Gasteiger partial charge in [0.15, 0.2) is 11.0 Å². The minimum Gasteiger partial charge on any atom is -0.465 e. The van der Waals surface area contributed by atoms with E-state index in [0.717, 1.165) is 22.6 Å². The summed E-state index contributed by atoms with van der Waals surface area (Å²) in [5, 5.41) is 11.9. The molecule has 0 fully saturated rings. The summed E-state index contributed by atoms with van der Waals surface area (Å²) >= 11 is 2.14. The van der Waals surface area contributed by atoms with Crippen LogP contribution in [0.3, 0.4) is 0 Å². The summed E-state index contributed by atoms with van der Waals surface area (Å²) in [7, 11) is 6.99. The number of ether oxygens (including phenoxy) is 1. The smallest absolute Gasteiger partial charge is 0.341 e. The number of carbonyl (C=O) groups is 3. The number of nitrogens with two attached hydrogens (primary N) is 1. The van der Waals surface area contributed by atoms with Crippen LogP contribution in [0.4, 0.5) is 10.7 Å². The van der Waals surface area contributed by atoms with Crippen LogP contribution >= 0.6 is 23.1 Å². The third-order valence-corrected chi connectivity index (χ3v) is 7.06. The lowest BCUT2D eigenvalue weighted by molar-refractivity contribution is -0.113. The number of nitrogens with one attached hydrogen (secondary N) is 1. The van der Waals surface area contributed by atoms with Gasteiger partial charge in [-0.15, -0.1) is 21.5 Å². The third kappa shape index (κ3) is 5.17. The van der Waals surface area contributed by atoms with E-state index in [9.17, 15) is 14.4 Å². The lowest BCUT2D eigenvalue weighted by Crippen LogP contribution is -2.16. The molecule has 33 heavy (non-hydrogen) atoms. The second-order valence-electron chi connectivity index (χ2n) is 7.26. The highest BCUT2D eigenvalue weighted by atomic mass is 32.2. The van der Waals surface area contributed by atoms with Gasteiger partial charge in [-0.2, -0.15) is 0 Å². The van der Waals surface area contributed by atoms with Crippen molar-refractivity contribution in [2.24, 2.45) is 12.8 Å². The van der Waals surface area contributed by atoms with Gasteiger partial charge >= 0.3 is 5.97 Å². The number of carbonyl (C=O) groups excluding carboxylic acids is 3. The lowest BCUT2D eigenvalue weighted by Gasteiger charge is -2.12. The second kappa shape index (κ2) is 10.0. The van der Waals surface area contributed by atoms with Crippen LogP contribution in [0.1, 0.15) is 25.6 Å². The van der Waals surface area contributed by atoms with Gasteiger partial charge in [-0.05, 0) is 36.8 Å². The van der Waals surface area contributed by atoms with E-state index in [1.807, 2.05) is 54.9 Å². The van der Waals surface area contributed by atoms with Crippen molar-refractivity contribution in [3.8, 4) is 11.4 Å². The van der Waals surface area contributed by atoms with Crippen molar-refractivity contribution in [3.05, 3.63) is 40.3 Å². The van der Waals surface area contributed by atoms with E-state index < -0.39 is 11.9 Å². The SMILES string of the molecule is COC(=O)c1c(NC(=O)CSc2nnc(-c3ccc(N(C)C)cc3)n2C)sc(C(N)=O)c1C. The molecule has 0 spiro atoms. The van der Waals surface area contributed by atoms with Gasteiger partial charge < -0.3 is 25.3 Å². The van der Waals surface area contributed by atoms with Gasteiger partial charge in [0.25, 0.3) is 5.91 Å². The largest absolute Gasteiger partial charge is 0.465 e.